The van der Waals surface area contributed by atoms with E-state index in [0.717, 1.165) is 29.8 Å². The normalized spacial score (nSPS) is 11.3. The topological polar surface area (TPSA) is 75.6 Å². The van der Waals surface area contributed by atoms with Gasteiger partial charge in [-0.05, 0) is 55.7 Å². The lowest BCUT2D eigenvalue weighted by Crippen LogP contribution is -2.24. The number of rotatable bonds is 7. The number of nitrogens with zero attached hydrogens (tertiary/aromatic N) is 3. The Morgan fingerprint density at radius 2 is 2.00 bits per heavy atom. The van der Waals surface area contributed by atoms with Gasteiger partial charge in [0.05, 0.1) is 22.4 Å². The molecule has 4 rings (SSSR count). The van der Waals surface area contributed by atoms with Crippen molar-refractivity contribution in [2.75, 3.05) is 6.54 Å². The smallest absolute Gasteiger partial charge is 0.295 e. The van der Waals surface area contributed by atoms with Crippen LogP contribution in [0, 0.1) is 6.92 Å². The van der Waals surface area contributed by atoms with Crippen molar-refractivity contribution >= 4 is 16.9 Å². The van der Waals surface area contributed by atoms with E-state index in [0.29, 0.717) is 23.1 Å². The van der Waals surface area contributed by atoms with Crippen molar-refractivity contribution in [1.29, 1.82) is 0 Å². The molecule has 1 amide bonds. The maximum absolute atomic E-state index is 12.8. The molecule has 8 heteroatoms. The van der Waals surface area contributed by atoms with Crippen molar-refractivity contribution in [1.82, 2.24) is 25.1 Å². The summed E-state index contributed by atoms with van der Waals surface area (Å²) >= 11 is 0. The molecule has 30 heavy (non-hydrogen) atoms. The van der Waals surface area contributed by atoms with Gasteiger partial charge in [0.25, 0.3) is 12.3 Å². The summed E-state index contributed by atoms with van der Waals surface area (Å²) in [5.41, 5.74) is 4.33. The number of H-pyrrole nitrogens is 1. The molecular weight excluding hydrogens is 388 g/mol. The fraction of sp³-hybridized carbons (Fsp3) is 0.227. The predicted octanol–water partition coefficient (Wildman–Crippen LogP) is 4.36. The van der Waals surface area contributed by atoms with Gasteiger partial charge >= 0.3 is 0 Å². The number of hydrogen-bond donors (Lipinski definition) is 2. The lowest BCUT2D eigenvalue weighted by atomic mass is 10.1. The monoisotopic (exact) mass is 409 g/mol. The minimum Gasteiger partial charge on any atom is -0.352 e. The van der Waals surface area contributed by atoms with E-state index in [-0.39, 0.29) is 5.91 Å². The second-order valence-corrected chi connectivity index (χ2v) is 7.03. The minimum atomic E-state index is -2.68. The molecule has 0 bridgehead atoms. The van der Waals surface area contributed by atoms with Crippen LogP contribution in [0.4, 0.5) is 8.78 Å². The lowest BCUT2D eigenvalue weighted by Gasteiger charge is -2.05. The summed E-state index contributed by atoms with van der Waals surface area (Å²) in [4.78, 5) is 18.7. The minimum absolute atomic E-state index is 0.248. The Morgan fingerprint density at radius 1 is 1.20 bits per heavy atom. The molecule has 2 aromatic heterocycles. The van der Waals surface area contributed by atoms with Crippen LogP contribution in [0.1, 0.15) is 40.3 Å². The summed E-state index contributed by atoms with van der Waals surface area (Å²) < 4.78 is 27.4. The van der Waals surface area contributed by atoms with Crippen molar-refractivity contribution in [3.05, 3.63) is 77.4 Å². The van der Waals surface area contributed by atoms with E-state index in [1.54, 1.807) is 12.1 Å². The number of hydrogen-bond acceptors (Lipinski definition) is 3. The van der Waals surface area contributed by atoms with E-state index in [4.69, 9.17) is 0 Å². The van der Waals surface area contributed by atoms with E-state index in [1.165, 1.54) is 6.07 Å². The van der Waals surface area contributed by atoms with E-state index >= 15 is 0 Å². The standard InChI is InChI=1S/C22H21F2N5O/c1-14-16(13-29(28-14)17-7-3-2-4-8-17)6-5-11-25-22(30)15-9-10-18-19(12-15)27-21(26-18)20(23)24/h2-4,7-10,12-13,20H,5-6,11H2,1H3,(H,25,30)(H,26,27). The SMILES string of the molecule is Cc1nn(-c2ccccc2)cc1CCCNC(=O)c1ccc2nc(C(F)F)[nH]c2c1. The zero-order valence-electron chi connectivity index (χ0n) is 16.4. The van der Waals surface area contributed by atoms with Gasteiger partial charge in [-0.3, -0.25) is 4.79 Å². The molecule has 154 valence electrons. The Balaban J connectivity index is 1.33. The number of aryl methyl sites for hydroxylation is 2. The Kier molecular flexibility index (Phi) is 5.56. The van der Waals surface area contributed by atoms with Gasteiger partial charge in [-0.15, -0.1) is 0 Å². The van der Waals surface area contributed by atoms with Gasteiger partial charge in [0.15, 0.2) is 5.82 Å². The molecule has 0 spiro atoms. The molecule has 0 fully saturated rings. The average molecular weight is 409 g/mol. The van der Waals surface area contributed by atoms with Crippen molar-refractivity contribution in [2.24, 2.45) is 0 Å². The zero-order chi connectivity index (χ0) is 21.1. The van der Waals surface area contributed by atoms with E-state index in [2.05, 4.69) is 20.4 Å². The number of halogens is 2. The van der Waals surface area contributed by atoms with Crippen LogP contribution < -0.4 is 5.32 Å². The molecule has 0 atom stereocenters. The molecule has 0 saturated carbocycles. The number of benzene rings is 2. The number of aromatic nitrogens is 4. The highest BCUT2D eigenvalue weighted by Crippen LogP contribution is 2.20. The molecule has 0 aliphatic rings. The number of carbonyl (C=O) groups excluding carboxylic acids is 1. The summed E-state index contributed by atoms with van der Waals surface area (Å²) in [7, 11) is 0. The molecular formula is C22H21F2N5O. The van der Waals surface area contributed by atoms with Crippen molar-refractivity contribution in [3.8, 4) is 5.69 Å². The average Bonchev–Trinajstić information content (AvgIpc) is 3.35. The third-order valence-corrected chi connectivity index (χ3v) is 4.90. The van der Waals surface area contributed by atoms with Crippen LogP contribution in [0.15, 0.2) is 54.7 Å². The largest absolute Gasteiger partial charge is 0.352 e. The van der Waals surface area contributed by atoms with Gasteiger partial charge in [0.2, 0.25) is 0 Å². The first-order valence-electron chi connectivity index (χ1n) is 9.68. The molecule has 0 aliphatic heterocycles. The number of imidazole rings is 1. The van der Waals surface area contributed by atoms with Gasteiger partial charge in [-0.2, -0.15) is 5.10 Å². The predicted molar refractivity (Wildman–Crippen MR) is 110 cm³/mol. The fourth-order valence-corrected chi connectivity index (χ4v) is 3.31. The molecule has 0 unspecified atom stereocenters. The summed E-state index contributed by atoms with van der Waals surface area (Å²) in [5, 5.41) is 7.42. The summed E-state index contributed by atoms with van der Waals surface area (Å²) in [6.07, 6.45) is 0.883. The number of aromatic amines is 1. The number of nitrogens with one attached hydrogen (secondary N) is 2. The summed E-state index contributed by atoms with van der Waals surface area (Å²) in [5.74, 6) is -0.643. The van der Waals surface area contributed by atoms with E-state index < -0.39 is 12.2 Å². The van der Waals surface area contributed by atoms with Gasteiger partial charge in [-0.25, -0.2) is 18.4 Å². The number of para-hydroxylation sites is 1. The third-order valence-electron chi connectivity index (χ3n) is 4.90. The van der Waals surface area contributed by atoms with Gasteiger partial charge < -0.3 is 10.3 Å². The highest BCUT2D eigenvalue weighted by atomic mass is 19.3. The van der Waals surface area contributed by atoms with Crippen LogP contribution in [0.5, 0.6) is 0 Å². The maximum Gasteiger partial charge on any atom is 0.295 e. The lowest BCUT2D eigenvalue weighted by molar-refractivity contribution is 0.0953. The first-order chi connectivity index (χ1) is 14.5. The van der Waals surface area contributed by atoms with Crippen LogP contribution >= 0.6 is 0 Å². The number of carbonyl (C=O) groups is 1. The second kappa shape index (κ2) is 8.44. The highest BCUT2D eigenvalue weighted by molar-refractivity contribution is 5.97. The van der Waals surface area contributed by atoms with Crippen molar-refractivity contribution in [3.63, 3.8) is 0 Å². The Morgan fingerprint density at radius 3 is 2.77 bits per heavy atom. The molecule has 2 N–H and O–H groups in total. The Bertz CT molecular complexity index is 1170. The van der Waals surface area contributed by atoms with Crippen molar-refractivity contribution < 1.29 is 13.6 Å². The summed E-state index contributed by atoms with van der Waals surface area (Å²) in [6, 6.07) is 14.6. The van der Waals surface area contributed by atoms with Gasteiger partial charge in [-0.1, -0.05) is 18.2 Å². The van der Waals surface area contributed by atoms with Crippen LogP contribution in [-0.4, -0.2) is 32.2 Å². The first kappa shape index (κ1) is 19.8. The van der Waals surface area contributed by atoms with Crippen LogP contribution in [-0.2, 0) is 6.42 Å². The highest BCUT2D eigenvalue weighted by Gasteiger charge is 2.14. The van der Waals surface area contributed by atoms with Gasteiger partial charge in [0, 0.05) is 18.3 Å². The second-order valence-electron chi connectivity index (χ2n) is 7.03. The number of alkyl halides is 2. The summed E-state index contributed by atoms with van der Waals surface area (Å²) in [6.45, 7) is 2.47. The molecule has 6 nitrogen and oxygen atoms in total. The number of amides is 1. The molecule has 0 saturated heterocycles. The molecule has 0 radical (unpaired) electrons. The molecule has 2 heterocycles. The quantitative estimate of drug-likeness (QED) is 0.446. The van der Waals surface area contributed by atoms with E-state index in [1.807, 2.05) is 48.1 Å². The van der Waals surface area contributed by atoms with Crippen LogP contribution in [0.25, 0.3) is 16.7 Å². The molecule has 4 aromatic rings. The molecule has 2 aromatic carbocycles. The van der Waals surface area contributed by atoms with Crippen LogP contribution in [0.3, 0.4) is 0 Å². The fourth-order valence-electron chi connectivity index (χ4n) is 3.31. The Hall–Kier alpha value is -3.55. The third kappa shape index (κ3) is 4.22. The van der Waals surface area contributed by atoms with Crippen LogP contribution in [0.2, 0.25) is 0 Å². The van der Waals surface area contributed by atoms with Gasteiger partial charge in [0.1, 0.15) is 0 Å². The van der Waals surface area contributed by atoms with E-state index in [9.17, 15) is 13.6 Å². The number of fused-ring (bicyclic) bond motifs is 1. The first-order valence-corrected chi connectivity index (χ1v) is 9.68. The zero-order valence-corrected chi connectivity index (χ0v) is 16.4. The maximum atomic E-state index is 12.8. The molecule has 0 aliphatic carbocycles. The Labute approximate surface area is 171 Å². The van der Waals surface area contributed by atoms with Crippen molar-refractivity contribution in [2.45, 2.75) is 26.2 Å².